The van der Waals surface area contributed by atoms with Gasteiger partial charge in [0.15, 0.2) is 0 Å². The summed E-state index contributed by atoms with van der Waals surface area (Å²) in [5.41, 5.74) is 5.18. The Bertz CT molecular complexity index is 159. The van der Waals surface area contributed by atoms with Gasteiger partial charge in [0.25, 0.3) is 0 Å². The van der Waals surface area contributed by atoms with Gasteiger partial charge in [-0.3, -0.25) is 4.79 Å². The van der Waals surface area contributed by atoms with Crippen molar-refractivity contribution >= 4 is 5.91 Å². The summed E-state index contributed by atoms with van der Waals surface area (Å²) in [5.74, 6) is 1.41. The molecule has 1 saturated carbocycles. The van der Waals surface area contributed by atoms with Crippen LogP contribution in [0.5, 0.6) is 0 Å². The Hall–Kier alpha value is -0.570. The third kappa shape index (κ3) is 2.48. The van der Waals surface area contributed by atoms with E-state index in [9.17, 15) is 4.79 Å². The third-order valence-electron chi connectivity index (χ3n) is 2.79. The first-order valence-corrected chi connectivity index (χ1v) is 4.70. The van der Waals surface area contributed by atoms with Crippen LogP contribution in [-0.4, -0.2) is 19.0 Å². The van der Waals surface area contributed by atoms with E-state index >= 15 is 0 Å². The minimum absolute atomic E-state index is 0.0332. The lowest BCUT2D eigenvalue weighted by Crippen LogP contribution is -2.34. The van der Waals surface area contributed by atoms with Gasteiger partial charge in [0.2, 0.25) is 5.91 Å². The molecule has 0 aliphatic heterocycles. The number of carbonyl (C=O) groups excluding carboxylic acids is 1. The van der Waals surface area contributed by atoms with Crippen molar-refractivity contribution < 1.29 is 4.79 Å². The summed E-state index contributed by atoms with van der Waals surface area (Å²) < 4.78 is 0. The summed E-state index contributed by atoms with van der Waals surface area (Å²) in [6, 6.07) is 0. The zero-order valence-corrected chi connectivity index (χ0v) is 7.68. The first kappa shape index (κ1) is 9.52. The Morgan fingerprint density at radius 3 is 2.83 bits per heavy atom. The van der Waals surface area contributed by atoms with Crippen molar-refractivity contribution in [2.75, 3.05) is 13.1 Å². The van der Waals surface area contributed by atoms with Crippen molar-refractivity contribution in [3.8, 4) is 0 Å². The van der Waals surface area contributed by atoms with Crippen LogP contribution in [0.4, 0.5) is 0 Å². The molecule has 2 atom stereocenters. The number of amides is 1. The fraction of sp³-hybridized carbons (Fsp3) is 0.889. The van der Waals surface area contributed by atoms with Gasteiger partial charge in [0.1, 0.15) is 0 Å². The van der Waals surface area contributed by atoms with Crippen molar-refractivity contribution in [2.24, 2.45) is 17.6 Å². The summed E-state index contributed by atoms with van der Waals surface area (Å²) in [7, 11) is 0. The van der Waals surface area contributed by atoms with E-state index in [0.717, 1.165) is 12.5 Å². The highest BCUT2D eigenvalue weighted by atomic mass is 16.1. The van der Waals surface area contributed by atoms with Crippen molar-refractivity contribution in [1.29, 1.82) is 0 Å². The molecule has 3 N–H and O–H groups in total. The molecule has 0 aromatic rings. The monoisotopic (exact) mass is 170 g/mol. The Morgan fingerprint density at radius 1 is 1.58 bits per heavy atom. The minimum Gasteiger partial charge on any atom is -0.355 e. The fourth-order valence-electron chi connectivity index (χ4n) is 1.84. The molecule has 0 heterocycles. The zero-order chi connectivity index (χ0) is 8.97. The molecule has 2 unspecified atom stereocenters. The smallest absolute Gasteiger partial charge is 0.233 e. The van der Waals surface area contributed by atoms with Gasteiger partial charge >= 0.3 is 0 Å². The van der Waals surface area contributed by atoms with E-state index in [1.807, 2.05) is 0 Å². The van der Waals surface area contributed by atoms with Crippen molar-refractivity contribution in [2.45, 2.75) is 26.2 Å². The molecule has 0 saturated heterocycles. The maximum atomic E-state index is 10.8. The average molecular weight is 170 g/mol. The molecule has 70 valence electrons. The molecular weight excluding hydrogens is 152 g/mol. The number of carbonyl (C=O) groups is 1. The summed E-state index contributed by atoms with van der Waals surface area (Å²) in [6.45, 7) is 3.19. The van der Waals surface area contributed by atoms with Gasteiger partial charge in [-0.15, -0.1) is 0 Å². The summed E-state index contributed by atoms with van der Waals surface area (Å²) in [4.78, 5) is 10.8. The maximum Gasteiger partial charge on any atom is 0.233 e. The zero-order valence-electron chi connectivity index (χ0n) is 7.68. The molecular formula is C9H18N2O. The van der Waals surface area contributed by atoms with Gasteiger partial charge in [-0.05, 0) is 18.3 Å². The lowest BCUT2D eigenvalue weighted by atomic mass is 9.98. The van der Waals surface area contributed by atoms with Crippen LogP contribution in [0.1, 0.15) is 26.2 Å². The van der Waals surface area contributed by atoms with E-state index in [1.54, 1.807) is 0 Å². The highest BCUT2D eigenvalue weighted by Crippen LogP contribution is 2.30. The summed E-state index contributed by atoms with van der Waals surface area (Å²) in [6.07, 6.45) is 3.87. The molecule has 3 heteroatoms. The predicted molar refractivity (Wildman–Crippen MR) is 48.6 cm³/mol. The van der Waals surface area contributed by atoms with Crippen LogP contribution in [-0.2, 0) is 4.79 Å². The van der Waals surface area contributed by atoms with Gasteiger partial charge in [0.05, 0.1) is 6.54 Å². The third-order valence-corrected chi connectivity index (χ3v) is 2.79. The van der Waals surface area contributed by atoms with Gasteiger partial charge in [0, 0.05) is 6.54 Å². The van der Waals surface area contributed by atoms with E-state index in [0.29, 0.717) is 5.92 Å². The quantitative estimate of drug-likeness (QED) is 0.648. The minimum atomic E-state index is -0.0332. The summed E-state index contributed by atoms with van der Waals surface area (Å²) in [5, 5.41) is 2.84. The fourth-order valence-corrected chi connectivity index (χ4v) is 1.84. The van der Waals surface area contributed by atoms with Crippen LogP contribution in [0.15, 0.2) is 0 Å². The second kappa shape index (κ2) is 4.45. The lowest BCUT2D eigenvalue weighted by molar-refractivity contribution is -0.119. The SMILES string of the molecule is CC1CCCC1CNC(=O)CN. The van der Waals surface area contributed by atoms with Crippen LogP contribution >= 0.6 is 0 Å². The maximum absolute atomic E-state index is 10.8. The average Bonchev–Trinajstić information content (AvgIpc) is 2.47. The molecule has 0 bridgehead atoms. The van der Waals surface area contributed by atoms with Crippen LogP contribution in [0, 0.1) is 11.8 Å². The van der Waals surface area contributed by atoms with E-state index in [1.165, 1.54) is 19.3 Å². The lowest BCUT2D eigenvalue weighted by Gasteiger charge is -2.15. The Morgan fingerprint density at radius 2 is 2.33 bits per heavy atom. The second-order valence-electron chi connectivity index (χ2n) is 3.68. The Labute approximate surface area is 73.7 Å². The molecule has 1 amide bonds. The van der Waals surface area contributed by atoms with E-state index in [4.69, 9.17) is 5.73 Å². The van der Waals surface area contributed by atoms with Gasteiger partial charge < -0.3 is 11.1 Å². The van der Waals surface area contributed by atoms with Gasteiger partial charge in [-0.2, -0.15) is 0 Å². The normalized spacial score (nSPS) is 28.8. The standard InChI is InChI=1S/C9H18N2O/c1-7-3-2-4-8(7)6-11-9(12)5-10/h7-8H,2-6,10H2,1H3,(H,11,12). The largest absolute Gasteiger partial charge is 0.355 e. The molecule has 12 heavy (non-hydrogen) atoms. The Kier molecular flexibility index (Phi) is 3.53. The van der Waals surface area contributed by atoms with Crippen LogP contribution < -0.4 is 11.1 Å². The highest BCUT2D eigenvalue weighted by molar-refractivity contribution is 5.77. The van der Waals surface area contributed by atoms with Crippen LogP contribution in [0.3, 0.4) is 0 Å². The molecule has 3 nitrogen and oxygen atoms in total. The highest BCUT2D eigenvalue weighted by Gasteiger charge is 2.23. The van der Waals surface area contributed by atoms with Gasteiger partial charge in [-0.25, -0.2) is 0 Å². The molecule has 0 spiro atoms. The number of hydrogen-bond donors (Lipinski definition) is 2. The topological polar surface area (TPSA) is 55.1 Å². The molecule has 0 aromatic heterocycles. The Balaban J connectivity index is 2.18. The number of hydrogen-bond acceptors (Lipinski definition) is 2. The van der Waals surface area contributed by atoms with Crippen LogP contribution in [0.2, 0.25) is 0 Å². The first-order chi connectivity index (χ1) is 5.74. The second-order valence-corrected chi connectivity index (χ2v) is 3.68. The predicted octanol–water partition coefficient (Wildman–Crippen LogP) is 0.497. The van der Waals surface area contributed by atoms with E-state index < -0.39 is 0 Å². The molecule has 1 rings (SSSR count). The first-order valence-electron chi connectivity index (χ1n) is 4.70. The van der Waals surface area contributed by atoms with Crippen molar-refractivity contribution in [3.63, 3.8) is 0 Å². The number of rotatable bonds is 3. The van der Waals surface area contributed by atoms with Gasteiger partial charge in [-0.1, -0.05) is 19.8 Å². The van der Waals surface area contributed by atoms with E-state index in [2.05, 4.69) is 12.2 Å². The van der Waals surface area contributed by atoms with E-state index in [-0.39, 0.29) is 12.5 Å². The molecule has 1 fully saturated rings. The molecule has 1 aliphatic rings. The number of nitrogens with one attached hydrogen (secondary N) is 1. The van der Waals surface area contributed by atoms with Crippen LogP contribution in [0.25, 0.3) is 0 Å². The molecule has 1 aliphatic carbocycles. The van der Waals surface area contributed by atoms with Crippen molar-refractivity contribution in [1.82, 2.24) is 5.32 Å². The summed E-state index contributed by atoms with van der Waals surface area (Å²) >= 11 is 0. The molecule has 0 aromatic carbocycles. The number of nitrogens with two attached hydrogens (primary N) is 1. The molecule has 0 radical (unpaired) electrons. The van der Waals surface area contributed by atoms with Crippen molar-refractivity contribution in [3.05, 3.63) is 0 Å².